The van der Waals surface area contributed by atoms with E-state index in [1.807, 2.05) is 48.5 Å². The summed E-state index contributed by atoms with van der Waals surface area (Å²) in [6.07, 6.45) is 0.0352. The molecule has 1 saturated heterocycles. The van der Waals surface area contributed by atoms with Crippen molar-refractivity contribution >= 4 is 5.91 Å². The molecule has 2 aliphatic heterocycles. The number of carbonyl (C=O) groups is 1. The van der Waals surface area contributed by atoms with Crippen molar-refractivity contribution in [1.82, 2.24) is 10.2 Å². The first-order valence-electron chi connectivity index (χ1n) is 8.66. The van der Waals surface area contributed by atoms with Crippen molar-refractivity contribution in [2.45, 2.75) is 12.0 Å². The quantitative estimate of drug-likeness (QED) is 0.933. The van der Waals surface area contributed by atoms with Gasteiger partial charge in [0.2, 0.25) is 5.91 Å². The Balaban J connectivity index is 1.55. The van der Waals surface area contributed by atoms with Gasteiger partial charge in [-0.15, -0.1) is 0 Å². The SMILES string of the molecule is CN1CCOC(CNC(=O)C2c3ccccc3Oc3ccccc32)C1. The van der Waals surface area contributed by atoms with Crippen LogP contribution in [-0.2, 0) is 9.53 Å². The molecule has 1 amide bonds. The molecule has 1 N–H and O–H groups in total. The maximum atomic E-state index is 13.0. The standard InChI is InChI=1S/C20H22N2O3/c1-22-10-11-24-14(13-22)12-21-20(23)19-15-6-2-4-8-17(15)25-18-9-5-3-7-16(18)19/h2-9,14,19H,10-13H2,1H3,(H,21,23). The number of rotatable bonds is 3. The maximum absolute atomic E-state index is 13.0. The third-order valence-corrected chi connectivity index (χ3v) is 4.79. The van der Waals surface area contributed by atoms with Crippen LogP contribution in [0.1, 0.15) is 17.0 Å². The van der Waals surface area contributed by atoms with E-state index in [4.69, 9.17) is 9.47 Å². The van der Waals surface area contributed by atoms with E-state index in [9.17, 15) is 4.79 Å². The van der Waals surface area contributed by atoms with Crippen LogP contribution in [0.5, 0.6) is 11.5 Å². The number of fused-ring (bicyclic) bond motifs is 2. The van der Waals surface area contributed by atoms with Gasteiger partial charge in [0.1, 0.15) is 11.5 Å². The largest absolute Gasteiger partial charge is 0.457 e. The van der Waals surface area contributed by atoms with E-state index in [0.29, 0.717) is 13.2 Å². The summed E-state index contributed by atoms with van der Waals surface area (Å²) >= 11 is 0. The van der Waals surface area contributed by atoms with Crippen molar-refractivity contribution in [3.8, 4) is 11.5 Å². The number of ether oxygens (including phenoxy) is 2. The molecule has 0 aromatic heterocycles. The van der Waals surface area contributed by atoms with E-state index in [1.54, 1.807) is 0 Å². The highest BCUT2D eigenvalue weighted by Gasteiger charge is 2.32. The van der Waals surface area contributed by atoms with Crippen molar-refractivity contribution in [1.29, 1.82) is 0 Å². The molecule has 0 saturated carbocycles. The maximum Gasteiger partial charge on any atom is 0.232 e. The molecule has 2 aromatic carbocycles. The molecule has 2 aliphatic rings. The number of hydrogen-bond acceptors (Lipinski definition) is 4. The Labute approximate surface area is 147 Å². The van der Waals surface area contributed by atoms with Gasteiger partial charge in [0.05, 0.1) is 18.6 Å². The molecule has 0 radical (unpaired) electrons. The van der Waals surface area contributed by atoms with Gasteiger partial charge in [-0.1, -0.05) is 36.4 Å². The monoisotopic (exact) mass is 338 g/mol. The first kappa shape index (κ1) is 16.1. The van der Waals surface area contributed by atoms with Crippen LogP contribution in [0.4, 0.5) is 0 Å². The van der Waals surface area contributed by atoms with Gasteiger partial charge >= 0.3 is 0 Å². The van der Waals surface area contributed by atoms with Gasteiger partial charge in [-0.05, 0) is 19.2 Å². The van der Waals surface area contributed by atoms with Gasteiger partial charge in [-0.25, -0.2) is 0 Å². The van der Waals surface area contributed by atoms with Crippen molar-refractivity contribution in [2.24, 2.45) is 0 Å². The molecule has 1 atom stereocenters. The van der Waals surface area contributed by atoms with Crippen LogP contribution in [-0.4, -0.2) is 50.2 Å². The Morgan fingerprint density at radius 1 is 1.12 bits per heavy atom. The second-order valence-electron chi connectivity index (χ2n) is 6.61. The molecule has 2 aromatic rings. The summed E-state index contributed by atoms with van der Waals surface area (Å²) in [6.45, 7) is 3.00. The number of morpholine rings is 1. The lowest BCUT2D eigenvalue weighted by molar-refractivity contribution is -0.123. The Bertz CT molecular complexity index is 732. The highest BCUT2D eigenvalue weighted by molar-refractivity contribution is 5.89. The molecule has 4 rings (SSSR count). The molecule has 1 fully saturated rings. The van der Waals surface area contributed by atoms with E-state index in [0.717, 1.165) is 35.7 Å². The van der Waals surface area contributed by atoms with Crippen molar-refractivity contribution in [3.63, 3.8) is 0 Å². The van der Waals surface area contributed by atoms with Gasteiger partial charge < -0.3 is 19.7 Å². The number of nitrogens with one attached hydrogen (secondary N) is 1. The number of likely N-dealkylation sites (N-methyl/N-ethyl adjacent to an activating group) is 1. The molecular formula is C20H22N2O3. The fourth-order valence-corrected chi connectivity index (χ4v) is 3.50. The first-order chi connectivity index (χ1) is 12.2. The predicted octanol–water partition coefficient (Wildman–Crippen LogP) is 2.37. The summed E-state index contributed by atoms with van der Waals surface area (Å²) in [5.41, 5.74) is 1.81. The fourth-order valence-electron chi connectivity index (χ4n) is 3.50. The highest BCUT2D eigenvalue weighted by Crippen LogP contribution is 2.43. The zero-order valence-electron chi connectivity index (χ0n) is 14.3. The molecule has 5 heteroatoms. The molecular weight excluding hydrogens is 316 g/mol. The minimum Gasteiger partial charge on any atom is -0.457 e. The number of hydrogen-bond donors (Lipinski definition) is 1. The van der Waals surface area contributed by atoms with Crippen molar-refractivity contribution < 1.29 is 14.3 Å². The Morgan fingerprint density at radius 3 is 2.40 bits per heavy atom. The summed E-state index contributed by atoms with van der Waals surface area (Å²) in [5.74, 6) is 1.12. The van der Waals surface area contributed by atoms with Crippen molar-refractivity contribution in [3.05, 3.63) is 59.7 Å². The molecule has 0 aliphatic carbocycles. The van der Waals surface area contributed by atoms with Gasteiger partial charge in [0, 0.05) is 30.8 Å². The molecule has 130 valence electrons. The molecule has 25 heavy (non-hydrogen) atoms. The normalized spacial score (nSPS) is 20.3. The lowest BCUT2D eigenvalue weighted by Gasteiger charge is -2.31. The predicted molar refractivity (Wildman–Crippen MR) is 95.0 cm³/mol. The van der Waals surface area contributed by atoms with Crippen LogP contribution in [0.3, 0.4) is 0 Å². The molecule has 0 bridgehead atoms. The molecule has 5 nitrogen and oxygen atoms in total. The second kappa shape index (κ2) is 6.86. The lowest BCUT2D eigenvalue weighted by Crippen LogP contribution is -2.46. The van der Waals surface area contributed by atoms with Gasteiger partial charge in [0.15, 0.2) is 0 Å². The van der Waals surface area contributed by atoms with E-state index >= 15 is 0 Å². The minimum atomic E-state index is -0.359. The summed E-state index contributed by atoms with van der Waals surface area (Å²) in [6, 6.07) is 15.5. The third-order valence-electron chi connectivity index (χ3n) is 4.79. The first-order valence-corrected chi connectivity index (χ1v) is 8.66. The van der Waals surface area contributed by atoms with Gasteiger partial charge in [-0.3, -0.25) is 4.79 Å². The van der Waals surface area contributed by atoms with Crippen LogP contribution < -0.4 is 10.1 Å². The minimum absolute atomic E-state index is 0.0139. The molecule has 1 unspecified atom stereocenters. The average Bonchev–Trinajstić information content (AvgIpc) is 2.64. The fraction of sp³-hybridized carbons (Fsp3) is 0.350. The van der Waals surface area contributed by atoms with Crippen LogP contribution in [0.2, 0.25) is 0 Å². The van der Waals surface area contributed by atoms with E-state index in [-0.39, 0.29) is 17.9 Å². The smallest absolute Gasteiger partial charge is 0.232 e. The van der Waals surface area contributed by atoms with Gasteiger partial charge in [0.25, 0.3) is 0 Å². The number of nitrogens with zero attached hydrogens (tertiary/aromatic N) is 1. The third kappa shape index (κ3) is 3.25. The average molecular weight is 338 g/mol. The van der Waals surface area contributed by atoms with Crippen LogP contribution >= 0.6 is 0 Å². The number of benzene rings is 2. The summed E-state index contributed by atoms with van der Waals surface area (Å²) in [7, 11) is 2.07. The number of carbonyl (C=O) groups excluding carboxylic acids is 1. The van der Waals surface area contributed by atoms with E-state index < -0.39 is 0 Å². The number of amides is 1. The van der Waals surface area contributed by atoms with Crippen molar-refractivity contribution in [2.75, 3.05) is 33.3 Å². The highest BCUT2D eigenvalue weighted by atomic mass is 16.5. The molecule has 2 heterocycles. The van der Waals surface area contributed by atoms with Crippen LogP contribution in [0, 0.1) is 0 Å². The zero-order valence-corrected chi connectivity index (χ0v) is 14.3. The summed E-state index contributed by atoms with van der Waals surface area (Å²) in [5, 5.41) is 3.08. The Morgan fingerprint density at radius 2 is 1.76 bits per heavy atom. The van der Waals surface area contributed by atoms with Gasteiger partial charge in [-0.2, -0.15) is 0 Å². The molecule has 0 spiro atoms. The van der Waals surface area contributed by atoms with E-state index in [1.165, 1.54) is 0 Å². The topological polar surface area (TPSA) is 50.8 Å². The lowest BCUT2D eigenvalue weighted by atomic mass is 9.87. The number of para-hydroxylation sites is 2. The second-order valence-corrected chi connectivity index (χ2v) is 6.61. The van der Waals surface area contributed by atoms with E-state index in [2.05, 4.69) is 17.3 Å². The van der Waals surface area contributed by atoms with Crippen LogP contribution in [0.15, 0.2) is 48.5 Å². The Hall–Kier alpha value is -2.37. The van der Waals surface area contributed by atoms with Crippen LogP contribution in [0.25, 0.3) is 0 Å². The summed E-state index contributed by atoms with van der Waals surface area (Å²) in [4.78, 5) is 15.2. The Kier molecular flexibility index (Phi) is 4.42. The zero-order chi connectivity index (χ0) is 17.2. The summed E-state index contributed by atoms with van der Waals surface area (Å²) < 4.78 is 11.7.